The van der Waals surface area contributed by atoms with Gasteiger partial charge in [0.1, 0.15) is 5.75 Å². The van der Waals surface area contributed by atoms with Gasteiger partial charge >= 0.3 is 37.9 Å². The number of hydrogen-bond donors (Lipinski definition) is 1. The SMILES string of the molecule is CC1CCCC(N=Cc2c(-c3ccccc3)ccc(C3CCCCC3)c2O)C1C.[Cl][Zr][Cl]. The average molecular weight is 552 g/mol. The van der Waals surface area contributed by atoms with Crippen molar-refractivity contribution in [3.05, 3.63) is 53.6 Å². The third-order valence-electron chi connectivity index (χ3n) is 7.44. The van der Waals surface area contributed by atoms with Gasteiger partial charge in [-0.05, 0) is 53.7 Å². The van der Waals surface area contributed by atoms with Crippen LogP contribution in [0, 0.1) is 11.8 Å². The number of phenolic OH excluding ortho intramolecular Hbond substituents is 1. The average Bonchev–Trinajstić information content (AvgIpc) is 2.82. The molecule has 3 unspecified atom stereocenters. The Morgan fingerprint density at radius 2 is 1.59 bits per heavy atom. The zero-order valence-electron chi connectivity index (χ0n) is 19.2. The summed E-state index contributed by atoms with van der Waals surface area (Å²) in [4.78, 5) is 5.03. The number of nitrogens with zero attached hydrogens (tertiary/aromatic N) is 1. The van der Waals surface area contributed by atoms with Gasteiger partial charge in [-0.25, -0.2) is 0 Å². The molecule has 0 spiro atoms. The van der Waals surface area contributed by atoms with Crippen molar-refractivity contribution >= 4 is 23.2 Å². The van der Waals surface area contributed by atoms with Gasteiger partial charge in [0.05, 0.1) is 6.04 Å². The maximum absolute atomic E-state index is 11.3. The van der Waals surface area contributed by atoms with Gasteiger partial charge in [-0.1, -0.05) is 88.4 Å². The third-order valence-corrected chi connectivity index (χ3v) is 7.44. The first-order valence-corrected chi connectivity index (χ1v) is 18.3. The Bertz CT molecular complexity index is 867. The zero-order chi connectivity index (χ0) is 22.9. The Labute approximate surface area is 212 Å². The Morgan fingerprint density at radius 1 is 0.906 bits per heavy atom. The zero-order valence-corrected chi connectivity index (χ0v) is 23.2. The Kier molecular flexibility index (Phi) is 10.8. The molecule has 0 aromatic heterocycles. The second kappa shape index (κ2) is 13.3. The molecule has 0 radical (unpaired) electrons. The molecule has 0 amide bonds. The molecule has 2 aliphatic rings. The molecule has 2 fully saturated rings. The maximum atomic E-state index is 11.3. The summed E-state index contributed by atoms with van der Waals surface area (Å²) < 4.78 is 0. The monoisotopic (exact) mass is 549 g/mol. The van der Waals surface area contributed by atoms with Gasteiger partial charge in [0.25, 0.3) is 0 Å². The first kappa shape index (κ1) is 26.0. The van der Waals surface area contributed by atoms with Crippen LogP contribution < -0.4 is 0 Å². The quantitative estimate of drug-likeness (QED) is 0.379. The van der Waals surface area contributed by atoms with Crippen LogP contribution in [0.3, 0.4) is 0 Å². The van der Waals surface area contributed by atoms with Crippen LogP contribution in [0.25, 0.3) is 11.1 Å². The number of hydrogen-bond acceptors (Lipinski definition) is 2. The first-order chi connectivity index (χ1) is 15.6. The van der Waals surface area contributed by atoms with Crippen molar-refractivity contribution in [3.8, 4) is 16.9 Å². The number of benzene rings is 2. The third kappa shape index (κ3) is 6.71. The van der Waals surface area contributed by atoms with E-state index in [1.54, 1.807) is 0 Å². The van der Waals surface area contributed by atoms with Crippen molar-refractivity contribution in [2.45, 2.75) is 77.2 Å². The van der Waals surface area contributed by atoms with Crippen LogP contribution in [-0.2, 0) is 20.8 Å². The van der Waals surface area contributed by atoms with E-state index in [-0.39, 0.29) is 0 Å². The van der Waals surface area contributed by atoms with E-state index >= 15 is 0 Å². The van der Waals surface area contributed by atoms with Gasteiger partial charge in [0.15, 0.2) is 0 Å². The molecule has 0 bridgehead atoms. The predicted molar refractivity (Wildman–Crippen MR) is 135 cm³/mol. The van der Waals surface area contributed by atoms with Crippen molar-refractivity contribution in [1.82, 2.24) is 0 Å². The Balaban J connectivity index is 0.000000913. The number of halogens is 2. The molecule has 0 saturated heterocycles. The fourth-order valence-corrected chi connectivity index (χ4v) is 5.30. The van der Waals surface area contributed by atoms with Crippen LogP contribution in [0.4, 0.5) is 0 Å². The summed E-state index contributed by atoms with van der Waals surface area (Å²) in [5, 5.41) is 11.3. The van der Waals surface area contributed by atoms with E-state index in [2.05, 4.69) is 50.2 Å². The number of aromatic hydroxyl groups is 1. The van der Waals surface area contributed by atoms with Gasteiger partial charge in [0, 0.05) is 11.8 Å². The standard InChI is InChI=1S/C27H35NO.2ClH.Zr/c1-19-10-9-15-26(20(19)2)28-18-25-23(21-11-5-3-6-12-21)16-17-24(27(25)29)22-13-7-4-8-14-22;;;/h3,5-6,11-12,16-20,22,26,29H,4,7-10,13-15H2,1-2H3;2*1H;/q;;;+2/p-2. The van der Waals surface area contributed by atoms with Gasteiger partial charge in [-0.3, -0.25) is 4.99 Å². The summed E-state index contributed by atoms with van der Waals surface area (Å²) in [6, 6.07) is 15.1. The Hall–Kier alpha value is -0.627. The van der Waals surface area contributed by atoms with Crippen LogP contribution in [0.1, 0.15) is 82.3 Å². The van der Waals surface area contributed by atoms with Crippen molar-refractivity contribution < 1.29 is 26.0 Å². The van der Waals surface area contributed by atoms with Crippen LogP contribution in [0.2, 0.25) is 0 Å². The van der Waals surface area contributed by atoms with E-state index in [1.807, 2.05) is 12.3 Å². The molecular formula is C27H35Cl2NOZr. The van der Waals surface area contributed by atoms with Crippen LogP contribution >= 0.6 is 17.0 Å². The molecule has 2 aliphatic carbocycles. The van der Waals surface area contributed by atoms with E-state index in [1.165, 1.54) is 44.9 Å². The molecule has 2 nitrogen and oxygen atoms in total. The first-order valence-electron chi connectivity index (χ1n) is 12.0. The molecule has 3 atom stereocenters. The molecule has 2 aromatic carbocycles. The van der Waals surface area contributed by atoms with Gasteiger partial charge in [-0.15, -0.1) is 0 Å². The van der Waals surface area contributed by atoms with Crippen molar-refractivity contribution in [2.75, 3.05) is 0 Å². The summed E-state index contributed by atoms with van der Waals surface area (Å²) in [5.74, 6) is 2.26. The normalized spacial score (nSPS) is 24.1. The molecular weight excluding hydrogens is 516 g/mol. The molecule has 172 valence electrons. The molecule has 32 heavy (non-hydrogen) atoms. The fourth-order valence-electron chi connectivity index (χ4n) is 5.30. The van der Waals surface area contributed by atoms with Crippen molar-refractivity contribution in [3.63, 3.8) is 0 Å². The molecule has 4 rings (SSSR count). The number of rotatable bonds is 4. The van der Waals surface area contributed by atoms with Crippen LogP contribution in [-0.4, -0.2) is 17.4 Å². The topological polar surface area (TPSA) is 32.6 Å². The minimum absolute atomic E-state index is 0.361. The number of phenols is 1. The van der Waals surface area contributed by atoms with Gasteiger partial charge in [0.2, 0.25) is 0 Å². The van der Waals surface area contributed by atoms with Crippen LogP contribution in [0.15, 0.2) is 47.5 Å². The molecule has 5 heteroatoms. The summed E-state index contributed by atoms with van der Waals surface area (Å²) >= 11 is -0.826. The molecule has 1 N–H and O–H groups in total. The van der Waals surface area contributed by atoms with Crippen LogP contribution in [0.5, 0.6) is 5.75 Å². The summed E-state index contributed by atoms with van der Waals surface area (Å²) in [7, 11) is 9.87. The van der Waals surface area contributed by atoms with E-state index in [9.17, 15) is 5.11 Å². The van der Waals surface area contributed by atoms with E-state index in [4.69, 9.17) is 22.0 Å². The molecule has 0 heterocycles. The fraction of sp³-hybridized carbons (Fsp3) is 0.519. The summed E-state index contributed by atoms with van der Waals surface area (Å²) in [6.45, 7) is 4.69. The van der Waals surface area contributed by atoms with Crippen molar-refractivity contribution in [2.24, 2.45) is 16.8 Å². The predicted octanol–water partition coefficient (Wildman–Crippen LogP) is 8.73. The summed E-state index contributed by atoms with van der Waals surface area (Å²) in [6.07, 6.45) is 12.0. The molecule has 0 aliphatic heterocycles. The number of aliphatic imine (C=N–C) groups is 1. The minimum atomic E-state index is -0.826. The summed E-state index contributed by atoms with van der Waals surface area (Å²) in [5.41, 5.74) is 4.26. The second-order valence-corrected chi connectivity index (χ2v) is 13.1. The van der Waals surface area contributed by atoms with Crippen molar-refractivity contribution in [1.29, 1.82) is 0 Å². The van der Waals surface area contributed by atoms with E-state index < -0.39 is 20.8 Å². The Morgan fingerprint density at radius 3 is 2.28 bits per heavy atom. The second-order valence-electron chi connectivity index (χ2n) is 9.35. The van der Waals surface area contributed by atoms with Gasteiger partial charge < -0.3 is 5.11 Å². The molecule has 2 aromatic rings. The van der Waals surface area contributed by atoms with E-state index in [0.29, 0.717) is 23.6 Å². The van der Waals surface area contributed by atoms with E-state index in [0.717, 1.165) is 34.6 Å². The molecule has 2 saturated carbocycles. The van der Waals surface area contributed by atoms with Gasteiger partial charge in [-0.2, -0.15) is 0 Å².